The standard InChI is InChI=1S/C18H12FN3O2/c1-11-5-4-8-15(13(11)9-20)22-18(23)16-17(24-10-21-16)12-6-2-3-7-14(12)19/h2-8,10H,1H3,(H,22,23). The number of anilines is 1. The molecule has 1 N–H and O–H groups in total. The molecule has 0 aliphatic heterocycles. The lowest BCUT2D eigenvalue weighted by atomic mass is 10.1. The summed E-state index contributed by atoms with van der Waals surface area (Å²) < 4.78 is 19.1. The molecule has 0 bridgehead atoms. The number of halogens is 1. The topological polar surface area (TPSA) is 78.9 Å². The van der Waals surface area contributed by atoms with Crippen LogP contribution in [0.25, 0.3) is 11.3 Å². The van der Waals surface area contributed by atoms with Gasteiger partial charge in [0.1, 0.15) is 11.9 Å². The molecule has 1 amide bonds. The highest BCUT2D eigenvalue weighted by Crippen LogP contribution is 2.27. The maximum Gasteiger partial charge on any atom is 0.278 e. The normalized spacial score (nSPS) is 10.2. The van der Waals surface area contributed by atoms with Crippen LogP contribution < -0.4 is 5.32 Å². The van der Waals surface area contributed by atoms with Crippen molar-refractivity contribution >= 4 is 11.6 Å². The van der Waals surface area contributed by atoms with Crippen LogP contribution in [0.5, 0.6) is 0 Å². The van der Waals surface area contributed by atoms with Gasteiger partial charge in [0, 0.05) is 0 Å². The number of nitrogens with one attached hydrogen (secondary N) is 1. The predicted molar refractivity (Wildman–Crippen MR) is 85.7 cm³/mol. The van der Waals surface area contributed by atoms with Crippen LogP contribution in [0.2, 0.25) is 0 Å². The summed E-state index contributed by atoms with van der Waals surface area (Å²) in [6.07, 6.45) is 1.08. The number of amides is 1. The quantitative estimate of drug-likeness (QED) is 0.793. The van der Waals surface area contributed by atoms with Crippen molar-refractivity contribution in [3.8, 4) is 17.4 Å². The van der Waals surface area contributed by atoms with Crippen molar-refractivity contribution in [1.82, 2.24) is 4.98 Å². The minimum absolute atomic E-state index is 0.0387. The third kappa shape index (κ3) is 2.75. The molecule has 0 atom stereocenters. The van der Waals surface area contributed by atoms with Gasteiger partial charge in [0.15, 0.2) is 17.8 Å². The highest BCUT2D eigenvalue weighted by molar-refractivity contribution is 6.07. The van der Waals surface area contributed by atoms with Crippen molar-refractivity contribution in [2.75, 3.05) is 5.32 Å². The summed E-state index contributed by atoms with van der Waals surface area (Å²) in [5.74, 6) is -1.06. The van der Waals surface area contributed by atoms with E-state index in [1.807, 2.05) is 0 Å². The zero-order chi connectivity index (χ0) is 17.1. The fourth-order valence-corrected chi connectivity index (χ4v) is 2.35. The number of aromatic nitrogens is 1. The molecule has 0 aliphatic carbocycles. The number of hydrogen-bond acceptors (Lipinski definition) is 4. The largest absolute Gasteiger partial charge is 0.443 e. The van der Waals surface area contributed by atoms with Crippen LogP contribution >= 0.6 is 0 Å². The molecule has 3 aromatic rings. The van der Waals surface area contributed by atoms with E-state index in [1.54, 1.807) is 37.3 Å². The Hall–Kier alpha value is -3.46. The van der Waals surface area contributed by atoms with E-state index < -0.39 is 11.7 Å². The van der Waals surface area contributed by atoms with Gasteiger partial charge >= 0.3 is 0 Å². The van der Waals surface area contributed by atoms with Crippen LogP contribution in [0.3, 0.4) is 0 Å². The molecular weight excluding hydrogens is 309 g/mol. The van der Waals surface area contributed by atoms with Gasteiger partial charge in [0.25, 0.3) is 5.91 Å². The first kappa shape index (κ1) is 15.4. The van der Waals surface area contributed by atoms with Crippen molar-refractivity contribution in [2.45, 2.75) is 6.92 Å². The lowest BCUT2D eigenvalue weighted by Crippen LogP contribution is -2.14. The van der Waals surface area contributed by atoms with Gasteiger partial charge in [-0.25, -0.2) is 9.37 Å². The molecule has 0 spiro atoms. The summed E-state index contributed by atoms with van der Waals surface area (Å²) in [6.45, 7) is 1.77. The molecule has 6 heteroatoms. The summed E-state index contributed by atoms with van der Waals surface area (Å²) in [5.41, 5.74) is 1.56. The summed E-state index contributed by atoms with van der Waals surface area (Å²) in [5, 5.41) is 11.9. The van der Waals surface area contributed by atoms with E-state index in [4.69, 9.17) is 4.42 Å². The van der Waals surface area contributed by atoms with Crippen molar-refractivity contribution in [3.05, 3.63) is 71.5 Å². The highest BCUT2D eigenvalue weighted by Gasteiger charge is 2.21. The van der Waals surface area contributed by atoms with Crippen molar-refractivity contribution in [2.24, 2.45) is 0 Å². The smallest absolute Gasteiger partial charge is 0.278 e. The molecule has 0 fully saturated rings. The van der Waals surface area contributed by atoms with Gasteiger partial charge in [-0.05, 0) is 30.7 Å². The zero-order valence-electron chi connectivity index (χ0n) is 12.7. The summed E-state index contributed by atoms with van der Waals surface area (Å²) >= 11 is 0. The van der Waals surface area contributed by atoms with Crippen LogP contribution in [-0.4, -0.2) is 10.9 Å². The average Bonchev–Trinajstić information content (AvgIpc) is 3.05. The van der Waals surface area contributed by atoms with Gasteiger partial charge in [-0.2, -0.15) is 5.26 Å². The molecule has 118 valence electrons. The molecule has 24 heavy (non-hydrogen) atoms. The minimum Gasteiger partial charge on any atom is -0.443 e. The molecule has 1 heterocycles. The molecule has 5 nitrogen and oxygen atoms in total. The second-order valence-electron chi connectivity index (χ2n) is 5.07. The molecule has 0 saturated carbocycles. The maximum absolute atomic E-state index is 13.9. The third-order valence-corrected chi connectivity index (χ3v) is 3.53. The Morgan fingerprint density at radius 2 is 2.04 bits per heavy atom. The van der Waals surface area contributed by atoms with E-state index in [9.17, 15) is 14.4 Å². The van der Waals surface area contributed by atoms with E-state index in [1.165, 1.54) is 12.1 Å². The lowest BCUT2D eigenvalue weighted by Gasteiger charge is -2.08. The molecule has 1 aromatic heterocycles. The number of hydrogen-bond donors (Lipinski definition) is 1. The SMILES string of the molecule is Cc1cccc(NC(=O)c2ncoc2-c2ccccc2F)c1C#N. The van der Waals surface area contributed by atoms with E-state index >= 15 is 0 Å². The Labute approximate surface area is 137 Å². The number of nitriles is 1. The summed E-state index contributed by atoms with van der Waals surface area (Å²) in [7, 11) is 0. The first-order valence-corrected chi connectivity index (χ1v) is 7.11. The molecule has 0 radical (unpaired) electrons. The Morgan fingerprint density at radius 1 is 1.25 bits per heavy atom. The van der Waals surface area contributed by atoms with Crippen LogP contribution in [0.15, 0.2) is 53.3 Å². The number of carbonyl (C=O) groups excluding carboxylic acids is 1. The van der Waals surface area contributed by atoms with Crippen LogP contribution in [0.1, 0.15) is 21.6 Å². The summed E-state index contributed by atoms with van der Waals surface area (Å²) in [6, 6.07) is 13.1. The Morgan fingerprint density at radius 3 is 2.79 bits per heavy atom. The molecule has 0 aliphatic rings. The van der Waals surface area contributed by atoms with Gasteiger partial charge in [-0.15, -0.1) is 0 Å². The van der Waals surface area contributed by atoms with Gasteiger partial charge in [-0.3, -0.25) is 4.79 Å². The van der Waals surface area contributed by atoms with E-state index in [2.05, 4.69) is 16.4 Å². The average molecular weight is 321 g/mol. The van der Waals surface area contributed by atoms with Crippen molar-refractivity contribution in [3.63, 3.8) is 0 Å². The van der Waals surface area contributed by atoms with E-state index in [0.29, 0.717) is 11.3 Å². The number of oxazole rings is 1. The van der Waals surface area contributed by atoms with Crippen LogP contribution in [0, 0.1) is 24.1 Å². The summed E-state index contributed by atoms with van der Waals surface area (Å²) in [4.78, 5) is 16.4. The van der Waals surface area contributed by atoms with Gasteiger partial charge < -0.3 is 9.73 Å². The second-order valence-corrected chi connectivity index (χ2v) is 5.07. The molecular formula is C18H12FN3O2. The van der Waals surface area contributed by atoms with Crippen LogP contribution in [-0.2, 0) is 0 Å². The monoisotopic (exact) mass is 321 g/mol. The van der Waals surface area contributed by atoms with Gasteiger partial charge in [0.2, 0.25) is 0 Å². The third-order valence-electron chi connectivity index (χ3n) is 3.53. The molecule has 0 unspecified atom stereocenters. The Balaban J connectivity index is 1.97. The highest BCUT2D eigenvalue weighted by atomic mass is 19.1. The number of rotatable bonds is 3. The first-order chi connectivity index (χ1) is 11.6. The minimum atomic E-state index is -0.580. The van der Waals surface area contributed by atoms with E-state index in [-0.39, 0.29) is 17.0 Å². The molecule has 3 rings (SSSR count). The number of aryl methyl sites for hydroxylation is 1. The van der Waals surface area contributed by atoms with Crippen molar-refractivity contribution < 1.29 is 13.6 Å². The Bertz CT molecular complexity index is 957. The fourth-order valence-electron chi connectivity index (χ4n) is 2.35. The number of carbonyl (C=O) groups is 1. The van der Waals surface area contributed by atoms with E-state index in [0.717, 1.165) is 12.0 Å². The maximum atomic E-state index is 13.9. The second kappa shape index (κ2) is 6.34. The van der Waals surface area contributed by atoms with Gasteiger partial charge in [0.05, 0.1) is 16.8 Å². The Kier molecular flexibility index (Phi) is 4.08. The number of nitrogens with zero attached hydrogens (tertiary/aromatic N) is 2. The van der Waals surface area contributed by atoms with Crippen molar-refractivity contribution in [1.29, 1.82) is 5.26 Å². The molecule has 2 aromatic carbocycles. The zero-order valence-corrected chi connectivity index (χ0v) is 12.7. The van der Waals surface area contributed by atoms with Crippen LogP contribution in [0.4, 0.5) is 10.1 Å². The lowest BCUT2D eigenvalue weighted by molar-refractivity contribution is 0.102. The predicted octanol–water partition coefficient (Wildman–Crippen LogP) is 3.91. The molecule has 0 saturated heterocycles. The van der Waals surface area contributed by atoms with Gasteiger partial charge in [-0.1, -0.05) is 24.3 Å². The number of benzene rings is 2. The first-order valence-electron chi connectivity index (χ1n) is 7.11. The fraction of sp³-hybridized carbons (Fsp3) is 0.0556.